The van der Waals surface area contributed by atoms with Crippen molar-refractivity contribution in [1.82, 2.24) is 0 Å². The number of aliphatic hydroxyl groups is 2. The molecule has 0 fully saturated rings. The van der Waals surface area contributed by atoms with Crippen LogP contribution >= 0.6 is 0 Å². The molecule has 0 aromatic carbocycles. The van der Waals surface area contributed by atoms with Gasteiger partial charge in [0.15, 0.2) is 0 Å². The van der Waals surface area contributed by atoms with Crippen molar-refractivity contribution in [2.75, 3.05) is 19.8 Å². The predicted molar refractivity (Wildman–Crippen MR) is 114 cm³/mol. The summed E-state index contributed by atoms with van der Waals surface area (Å²) < 4.78 is 0. The maximum atomic E-state index is 7.57. The molecule has 0 atom stereocenters. The van der Waals surface area contributed by atoms with E-state index in [1.165, 1.54) is 103 Å². The Labute approximate surface area is 159 Å². The van der Waals surface area contributed by atoms with Crippen molar-refractivity contribution in [2.45, 2.75) is 124 Å². The highest BCUT2D eigenvalue weighted by atomic mass is 16.3. The Morgan fingerprint density at radius 3 is 0.840 bits per heavy atom. The van der Waals surface area contributed by atoms with E-state index < -0.39 is 0 Å². The minimum absolute atomic E-state index is 0.250. The van der Waals surface area contributed by atoms with E-state index in [2.05, 4.69) is 6.92 Å². The largest absolute Gasteiger partial charge is 0.397 e. The molecule has 0 aliphatic rings. The number of hydrogen-bond donors (Lipinski definition) is 3. The van der Waals surface area contributed by atoms with Crippen LogP contribution in [0.4, 0.5) is 0 Å². The Morgan fingerprint density at radius 1 is 0.440 bits per heavy atom. The van der Waals surface area contributed by atoms with Gasteiger partial charge < -0.3 is 15.9 Å². The van der Waals surface area contributed by atoms with Crippen molar-refractivity contribution in [3.63, 3.8) is 0 Å². The molecule has 0 saturated carbocycles. The molecule has 4 N–H and O–H groups in total. The smallest absolute Gasteiger partial charge is 0.0402 e. The Bertz CT molecular complexity index is 159. The first kappa shape index (κ1) is 29.6. The van der Waals surface area contributed by atoms with Crippen molar-refractivity contribution in [3.05, 3.63) is 0 Å². The molecule has 0 amide bonds. The molecule has 0 unspecified atom stereocenters. The summed E-state index contributed by atoms with van der Waals surface area (Å²) in [6.45, 7) is 7.02. The van der Waals surface area contributed by atoms with Gasteiger partial charge in [0.25, 0.3) is 0 Å². The van der Waals surface area contributed by atoms with Crippen molar-refractivity contribution in [3.8, 4) is 0 Å². The summed E-state index contributed by atoms with van der Waals surface area (Å²) in [7, 11) is 0. The Kier molecular flexibility index (Phi) is 41.6. The van der Waals surface area contributed by atoms with Crippen LogP contribution in [0.2, 0.25) is 0 Å². The molecule has 3 heteroatoms. The second-order valence-corrected chi connectivity index (χ2v) is 6.72. The SMILES string of the molecule is CCCCCCCCCCCCCCCCCCN.CCO.CCO. The van der Waals surface area contributed by atoms with Crippen LogP contribution < -0.4 is 5.73 Å². The third-order valence-electron chi connectivity index (χ3n) is 4.06. The molecular weight excluding hydrogens is 310 g/mol. The number of hydrogen-bond acceptors (Lipinski definition) is 3. The summed E-state index contributed by atoms with van der Waals surface area (Å²) in [5.74, 6) is 0. The van der Waals surface area contributed by atoms with Crippen LogP contribution in [0.25, 0.3) is 0 Å². The van der Waals surface area contributed by atoms with E-state index in [1.807, 2.05) is 0 Å². The van der Waals surface area contributed by atoms with Crippen molar-refractivity contribution in [1.29, 1.82) is 0 Å². The fraction of sp³-hybridized carbons (Fsp3) is 1.00. The number of nitrogens with two attached hydrogens (primary N) is 1. The topological polar surface area (TPSA) is 66.5 Å². The highest BCUT2D eigenvalue weighted by Crippen LogP contribution is 2.13. The normalized spacial score (nSPS) is 9.84. The van der Waals surface area contributed by atoms with Gasteiger partial charge in [-0.15, -0.1) is 0 Å². The molecule has 0 bridgehead atoms. The van der Waals surface area contributed by atoms with Gasteiger partial charge in [0.1, 0.15) is 0 Å². The summed E-state index contributed by atoms with van der Waals surface area (Å²) in [6.07, 6.45) is 22.9. The first-order valence-electron chi connectivity index (χ1n) is 11.2. The predicted octanol–water partition coefficient (Wildman–Crippen LogP) is 6.20. The molecule has 0 aromatic heterocycles. The van der Waals surface area contributed by atoms with Crippen LogP contribution in [-0.2, 0) is 0 Å². The molecule has 0 heterocycles. The maximum Gasteiger partial charge on any atom is 0.0402 e. The van der Waals surface area contributed by atoms with Gasteiger partial charge in [-0.05, 0) is 26.8 Å². The summed E-state index contributed by atoms with van der Waals surface area (Å²) in [5.41, 5.74) is 5.48. The Hall–Kier alpha value is -0.120. The lowest BCUT2D eigenvalue weighted by molar-refractivity contribution is 0.318. The fourth-order valence-corrected chi connectivity index (χ4v) is 2.69. The molecule has 0 rings (SSSR count). The van der Waals surface area contributed by atoms with E-state index in [1.54, 1.807) is 13.8 Å². The number of unbranched alkanes of at least 4 members (excludes halogenated alkanes) is 15. The first-order chi connectivity index (χ1) is 12.2. The standard InChI is InChI=1S/C18H39N.2C2H6O/c1-2-3-4-5-6-7-8-9-10-11-12-13-14-15-16-17-18-19;2*1-2-3/h2-19H2,1H3;2*3H,2H2,1H3. The van der Waals surface area contributed by atoms with Crippen LogP contribution in [-0.4, -0.2) is 30.0 Å². The van der Waals surface area contributed by atoms with E-state index in [0.29, 0.717) is 0 Å². The fourth-order valence-electron chi connectivity index (χ4n) is 2.69. The summed E-state index contributed by atoms with van der Waals surface area (Å²) >= 11 is 0. The molecule has 25 heavy (non-hydrogen) atoms. The van der Waals surface area contributed by atoms with Gasteiger partial charge in [-0.25, -0.2) is 0 Å². The monoisotopic (exact) mass is 361 g/mol. The summed E-state index contributed by atoms with van der Waals surface area (Å²) in [6, 6.07) is 0. The third kappa shape index (κ3) is 45.3. The van der Waals surface area contributed by atoms with Gasteiger partial charge in [0.05, 0.1) is 0 Å². The molecule has 0 saturated heterocycles. The highest BCUT2D eigenvalue weighted by molar-refractivity contribution is 4.49. The molecule has 156 valence electrons. The zero-order valence-electron chi connectivity index (χ0n) is 17.9. The minimum atomic E-state index is 0.250. The number of rotatable bonds is 16. The number of aliphatic hydroxyl groups excluding tert-OH is 2. The van der Waals surface area contributed by atoms with E-state index in [9.17, 15) is 0 Å². The van der Waals surface area contributed by atoms with Crippen molar-refractivity contribution in [2.24, 2.45) is 5.73 Å². The Balaban J connectivity index is -0.000000700. The van der Waals surface area contributed by atoms with Crippen LogP contribution in [0.1, 0.15) is 124 Å². The third-order valence-corrected chi connectivity index (χ3v) is 4.06. The van der Waals surface area contributed by atoms with E-state index >= 15 is 0 Å². The van der Waals surface area contributed by atoms with Crippen LogP contribution in [0.3, 0.4) is 0 Å². The van der Waals surface area contributed by atoms with Crippen LogP contribution in [0.5, 0.6) is 0 Å². The lowest BCUT2D eigenvalue weighted by atomic mass is 10.0. The van der Waals surface area contributed by atoms with Crippen LogP contribution in [0, 0.1) is 0 Å². The Morgan fingerprint density at radius 2 is 0.640 bits per heavy atom. The lowest BCUT2D eigenvalue weighted by Gasteiger charge is -2.03. The van der Waals surface area contributed by atoms with Gasteiger partial charge in [0, 0.05) is 13.2 Å². The second-order valence-electron chi connectivity index (χ2n) is 6.72. The maximum absolute atomic E-state index is 7.57. The van der Waals surface area contributed by atoms with E-state index in [4.69, 9.17) is 15.9 Å². The average molecular weight is 362 g/mol. The van der Waals surface area contributed by atoms with Gasteiger partial charge in [-0.1, -0.05) is 103 Å². The molecular formula is C22H51NO2. The molecule has 3 nitrogen and oxygen atoms in total. The zero-order chi connectivity index (χ0) is 19.4. The molecule has 0 spiro atoms. The highest BCUT2D eigenvalue weighted by Gasteiger charge is 1.94. The zero-order valence-corrected chi connectivity index (χ0v) is 17.9. The first-order valence-corrected chi connectivity index (χ1v) is 11.2. The molecule has 0 aliphatic carbocycles. The average Bonchev–Trinajstić information content (AvgIpc) is 2.60. The molecule has 0 aliphatic heterocycles. The summed E-state index contributed by atoms with van der Waals surface area (Å²) in [4.78, 5) is 0. The van der Waals surface area contributed by atoms with Crippen molar-refractivity contribution < 1.29 is 10.2 Å². The summed E-state index contributed by atoms with van der Waals surface area (Å²) in [5, 5.41) is 15.1. The van der Waals surface area contributed by atoms with Gasteiger partial charge in [0.2, 0.25) is 0 Å². The lowest BCUT2D eigenvalue weighted by Crippen LogP contribution is -1.97. The van der Waals surface area contributed by atoms with Gasteiger partial charge in [-0.3, -0.25) is 0 Å². The molecule has 0 radical (unpaired) electrons. The second kappa shape index (κ2) is 35.1. The van der Waals surface area contributed by atoms with Crippen molar-refractivity contribution >= 4 is 0 Å². The van der Waals surface area contributed by atoms with Gasteiger partial charge >= 0.3 is 0 Å². The minimum Gasteiger partial charge on any atom is -0.397 e. The molecule has 0 aromatic rings. The van der Waals surface area contributed by atoms with E-state index in [0.717, 1.165) is 6.54 Å². The van der Waals surface area contributed by atoms with E-state index in [-0.39, 0.29) is 13.2 Å². The van der Waals surface area contributed by atoms with Gasteiger partial charge in [-0.2, -0.15) is 0 Å². The quantitative estimate of drug-likeness (QED) is 0.286. The van der Waals surface area contributed by atoms with Crippen LogP contribution in [0.15, 0.2) is 0 Å².